The van der Waals surface area contributed by atoms with Gasteiger partial charge in [0.25, 0.3) is 0 Å². The van der Waals surface area contributed by atoms with Crippen molar-refractivity contribution < 1.29 is 13.2 Å². The number of nitrogens with one attached hydrogen (secondary N) is 1. The number of rotatable bonds is 2. The zero-order chi connectivity index (χ0) is 10.8. The van der Waals surface area contributed by atoms with Crippen LogP contribution in [0.1, 0.15) is 5.56 Å². The van der Waals surface area contributed by atoms with Crippen LogP contribution in [0.4, 0.5) is 18.9 Å². The van der Waals surface area contributed by atoms with E-state index in [0.717, 1.165) is 0 Å². The number of anilines is 1. The van der Waals surface area contributed by atoms with Gasteiger partial charge in [-0.1, -0.05) is 11.6 Å². The van der Waals surface area contributed by atoms with E-state index >= 15 is 0 Å². The minimum atomic E-state index is -4.20. The minimum absolute atomic E-state index is 0.451. The highest BCUT2D eigenvalue weighted by Crippen LogP contribution is 2.21. The van der Waals surface area contributed by atoms with Crippen molar-refractivity contribution in [3.63, 3.8) is 0 Å². The first-order valence-corrected chi connectivity index (χ1v) is 4.33. The van der Waals surface area contributed by atoms with Gasteiger partial charge in [0.1, 0.15) is 6.54 Å². The normalized spacial score (nSPS) is 11.5. The fourth-order valence-corrected chi connectivity index (χ4v) is 1.25. The third kappa shape index (κ3) is 3.46. The Labute approximate surface area is 84.9 Å². The SMILES string of the molecule is Cc1cc(Cl)ccc1NCC(F)(F)F. The molecule has 0 atom stereocenters. The maximum Gasteiger partial charge on any atom is 0.405 e. The molecule has 0 radical (unpaired) electrons. The highest BCUT2D eigenvalue weighted by Gasteiger charge is 2.26. The highest BCUT2D eigenvalue weighted by atomic mass is 35.5. The van der Waals surface area contributed by atoms with Crippen LogP contribution in [-0.2, 0) is 0 Å². The monoisotopic (exact) mass is 223 g/mol. The van der Waals surface area contributed by atoms with Crippen LogP contribution in [0.5, 0.6) is 0 Å². The molecule has 1 rings (SSSR count). The summed E-state index contributed by atoms with van der Waals surface area (Å²) in [4.78, 5) is 0. The average molecular weight is 224 g/mol. The number of alkyl halides is 3. The fourth-order valence-electron chi connectivity index (χ4n) is 1.02. The van der Waals surface area contributed by atoms with Crippen LogP contribution in [0.3, 0.4) is 0 Å². The molecular formula is C9H9ClF3N. The molecule has 0 saturated heterocycles. The zero-order valence-electron chi connectivity index (χ0n) is 7.45. The van der Waals surface area contributed by atoms with Gasteiger partial charge in [0.2, 0.25) is 0 Å². The van der Waals surface area contributed by atoms with Crippen molar-refractivity contribution in [2.75, 3.05) is 11.9 Å². The first-order chi connectivity index (χ1) is 6.38. The molecule has 0 saturated carbocycles. The summed E-state index contributed by atoms with van der Waals surface area (Å²) in [5.74, 6) is 0. The van der Waals surface area contributed by atoms with Gasteiger partial charge in [0, 0.05) is 10.7 Å². The van der Waals surface area contributed by atoms with Crippen molar-refractivity contribution in [1.82, 2.24) is 0 Å². The lowest BCUT2D eigenvalue weighted by Gasteiger charge is -2.11. The molecule has 5 heteroatoms. The highest BCUT2D eigenvalue weighted by molar-refractivity contribution is 6.30. The van der Waals surface area contributed by atoms with Crippen LogP contribution in [0.2, 0.25) is 5.02 Å². The number of hydrogen-bond acceptors (Lipinski definition) is 1. The van der Waals surface area contributed by atoms with Crippen molar-refractivity contribution in [3.05, 3.63) is 28.8 Å². The lowest BCUT2D eigenvalue weighted by molar-refractivity contribution is -0.115. The molecule has 0 unspecified atom stereocenters. The first-order valence-electron chi connectivity index (χ1n) is 3.95. The molecule has 0 heterocycles. The summed E-state index contributed by atoms with van der Waals surface area (Å²) >= 11 is 5.66. The molecule has 1 aromatic rings. The van der Waals surface area contributed by atoms with Crippen LogP contribution >= 0.6 is 11.6 Å². The smallest absolute Gasteiger partial charge is 0.376 e. The third-order valence-corrected chi connectivity index (χ3v) is 1.90. The van der Waals surface area contributed by atoms with E-state index in [9.17, 15) is 13.2 Å². The molecule has 14 heavy (non-hydrogen) atoms. The van der Waals surface area contributed by atoms with Crippen LogP contribution in [0.25, 0.3) is 0 Å². The molecule has 0 spiro atoms. The van der Waals surface area contributed by atoms with E-state index in [2.05, 4.69) is 5.32 Å². The summed E-state index contributed by atoms with van der Waals surface area (Å²) in [5, 5.41) is 2.81. The second kappa shape index (κ2) is 4.09. The average Bonchev–Trinajstić information content (AvgIpc) is 2.00. The van der Waals surface area contributed by atoms with Crippen LogP contribution in [-0.4, -0.2) is 12.7 Å². The summed E-state index contributed by atoms with van der Waals surface area (Å²) in [7, 11) is 0. The Morgan fingerprint density at radius 3 is 2.50 bits per heavy atom. The van der Waals surface area contributed by atoms with E-state index in [1.54, 1.807) is 19.1 Å². The van der Waals surface area contributed by atoms with Gasteiger partial charge in [-0.15, -0.1) is 0 Å². The van der Waals surface area contributed by atoms with Crippen molar-refractivity contribution in [2.24, 2.45) is 0 Å². The third-order valence-electron chi connectivity index (χ3n) is 1.67. The first kappa shape index (κ1) is 11.2. The van der Waals surface area contributed by atoms with Gasteiger partial charge < -0.3 is 5.32 Å². The van der Waals surface area contributed by atoms with Crippen LogP contribution in [0, 0.1) is 6.92 Å². The molecule has 0 aliphatic rings. The summed E-state index contributed by atoms with van der Waals surface area (Å²) in [6.07, 6.45) is -4.20. The van der Waals surface area contributed by atoms with Gasteiger partial charge in [-0.25, -0.2) is 0 Å². The van der Waals surface area contributed by atoms with Gasteiger partial charge in [-0.05, 0) is 30.7 Å². The molecule has 78 valence electrons. The van der Waals surface area contributed by atoms with Gasteiger partial charge >= 0.3 is 6.18 Å². The predicted octanol–water partition coefficient (Wildman–Crippen LogP) is 3.62. The Hall–Kier alpha value is -0.900. The number of benzene rings is 1. The largest absolute Gasteiger partial charge is 0.405 e. The summed E-state index contributed by atoms with van der Waals surface area (Å²) in [6.45, 7) is 0.667. The standard InChI is InChI=1S/C9H9ClF3N/c1-6-4-7(10)2-3-8(6)14-5-9(11,12)13/h2-4,14H,5H2,1H3. The maximum atomic E-state index is 11.9. The second-order valence-corrected chi connectivity index (χ2v) is 3.36. The Morgan fingerprint density at radius 1 is 1.36 bits per heavy atom. The molecule has 1 N–H and O–H groups in total. The predicted molar refractivity (Wildman–Crippen MR) is 50.7 cm³/mol. The quantitative estimate of drug-likeness (QED) is 0.808. The zero-order valence-corrected chi connectivity index (χ0v) is 8.21. The second-order valence-electron chi connectivity index (χ2n) is 2.93. The Morgan fingerprint density at radius 2 is 2.00 bits per heavy atom. The maximum absolute atomic E-state index is 11.9. The van der Waals surface area contributed by atoms with E-state index in [4.69, 9.17) is 11.6 Å². The Balaban J connectivity index is 2.68. The number of hydrogen-bond donors (Lipinski definition) is 1. The van der Waals surface area contributed by atoms with Gasteiger partial charge in [0.15, 0.2) is 0 Å². The van der Waals surface area contributed by atoms with Gasteiger partial charge in [0.05, 0.1) is 0 Å². The molecule has 0 aliphatic heterocycles. The van der Waals surface area contributed by atoms with Crippen molar-refractivity contribution in [3.8, 4) is 0 Å². The minimum Gasteiger partial charge on any atom is -0.376 e. The van der Waals surface area contributed by atoms with Crippen molar-refractivity contribution in [1.29, 1.82) is 0 Å². The van der Waals surface area contributed by atoms with E-state index in [0.29, 0.717) is 16.3 Å². The van der Waals surface area contributed by atoms with E-state index < -0.39 is 12.7 Å². The fraction of sp³-hybridized carbons (Fsp3) is 0.333. The summed E-state index contributed by atoms with van der Waals surface area (Å²) in [5.41, 5.74) is 1.15. The molecule has 0 aliphatic carbocycles. The van der Waals surface area contributed by atoms with E-state index in [1.165, 1.54) is 6.07 Å². The van der Waals surface area contributed by atoms with Crippen molar-refractivity contribution >= 4 is 17.3 Å². The molecule has 1 aromatic carbocycles. The lowest BCUT2D eigenvalue weighted by Crippen LogP contribution is -2.21. The molecule has 0 amide bonds. The molecular weight excluding hydrogens is 215 g/mol. The van der Waals surface area contributed by atoms with Gasteiger partial charge in [-0.3, -0.25) is 0 Å². The van der Waals surface area contributed by atoms with Crippen LogP contribution < -0.4 is 5.32 Å². The molecule has 0 fully saturated rings. The summed E-state index contributed by atoms with van der Waals surface area (Å²) < 4.78 is 35.6. The number of aryl methyl sites for hydroxylation is 1. The topological polar surface area (TPSA) is 12.0 Å². The Bertz CT molecular complexity index is 322. The molecule has 1 nitrogen and oxygen atoms in total. The van der Waals surface area contributed by atoms with E-state index in [1.807, 2.05) is 0 Å². The number of halogens is 4. The van der Waals surface area contributed by atoms with E-state index in [-0.39, 0.29) is 0 Å². The van der Waals surface area contributed by atoms with Gasteiger partial charge in [-0.2, -0.15) is 13.2 Å². The molecule has 0 aromatic heterocycles. The van der Waals surface area contributed by atoms with Crippen LogP contribution in [0.15, 0.2) is 18.2 Å². The van der Waals surface area contributed by atoms with Crippen molar-refractivity contribution in [2.45, 2.75) is 13.1 Å². The Kier molecular flexibility index (Phi) is 3.26. The summed E-state index contributed by atoms with van der Waals surface area (Å²) in [6, 6.07) is 4.69. The molecule has 0 bridgehead atoms. The lowest BCUT2D eigenvalue weighted by atomic mass is 10.2.